The Morgan fingerprint density at radius 3 is 1.64 bits per heavy atom. The van der Waals surface area contributed by atoms with E-state index < -0.39 is 16.2 Å². The SMILES string of the molecule is C=CC(N)=O.N.NS(=O)(=O)O. The van der Waals surface area contributed by atoms with Gasteiger partial charge in [-0.05, 0) is 6.08 Å². The second-order valence-corrected chi connectivity index (χ2v) is 2.15. The lowest BCUT2D eigenvalue weighted by Gasteiger charge is -1.70. The summed E-state index contributed by atoms with van der Waals surface area (Å²) < 4.78 is 25.2. The van der Waals surface area contributed by atoms with Crippen LogP contribution in [-0.4, -0.2) is 18.9 Å². The van der Waals surface area contributed by atoms with E-state index in [0.29, 0.717) is 0 Å². The van der Waals surface area contributed by atoms with Crippen molar-refractivity contribution in [1.29, 1.82) is 0 Å². The summed E-state index contributed by atoms with van der Waals surface area (Å²) in [6.07, 6.45) is 1.06. The average Bonchev–Trinajstić information content (AvgIpc) is 1.61. The first-order valence-electron chi connectivity index (χ1n) is 1.94. The quantitative estimate of drug-likeness (QED) is 0.290. The van der Waals surface area contributed by atoms with Crippen LogP contribution < -0.4 is 17.0 Å². The van der Waals surface area contributed by atoms with Crippen LogP contribution in [0.3, 0.4) is 0 Å². The molecule has 0 saturated heterocycles. The summed E-state index contributed by atoms with van der Waals surface area (Å²) in [7, 11) is -4.17. The maximum atomic E-state index is 9.47. The molecule has 0 unspecified atom stereocenters. The minimum Gasteiger partial charge on any atom is -0.366 e. The number of primary amides is 1. The van der Waals surface area contributed by atoms with E-state index in [2.05, 4.69) is 17.5 Å². The molecule has 68 valence electrons. The van der Waals surface area contributed by atoms with Crippen LogP contribution >= 0.6 is 0 Å². The largest absolute Gasteiger partial charge is 0.366 e. The highest BCUT2D eigenvalue weighted by molar-refractivity contribution is 7.83. The molecule has 0 radical (unpaired) electrons. The number of carbonyl (C=O) groups excluding carboxylic acids is 1. The molecule has 11 heavy (non-hydrogen) atoms. The Morgan fingerprint density at radius 1 is 1.55 bits per heavy atom. The van der Waals surface area contributed by atoms with Crippen LogP contribution in [0.25, 0.3) is 0 Å². The third-order valence-corrected chi connectivity index (χ3v) is 0.201. The lowest BCUT2D eigenvalue weighted by atomic mass is 10.6. The number of amides is 1. The van der Waals surface area contributed by atoms with Gasteiger partial charge < -0.3 is 11.9 Å². The fourth-order valence-electron chi connectivity index (χ4n) is 0. The van der Waals surface area contributed by atoms with E-state index in [1.54, 1.807) is 0 Å². The van der Waals surface area contributed by atoms with Gasteiger partial charge in [-0.15, -0.1) is 0 Å². The number of hydrogen-bond donors (Lipinski definition) is 4. The third kappa shape index (κ3) is 414. The van der Waals surface area contributed by atoms with Gasteiger partial charge in [0.1, 0.15) is 0 Å². The predicted molar refractivity (Wildman–Crippen MR) is 40.1 cm³/mol. The van der Waals surface area contributed by atoms with Crippen LogP contribution in [-0.2, 0) is 15.1 Å². The Hall–Kier alpha value is -0.960. The molecule has 0 saturated carbocycles. The molecule has 0 aromatic carbocycles. The lowest BCUT2D eigenvalue weighted by Crippen LogP contribution is -2.08. The highest BCUT2D eigenvalue weighted by atomic mass is 32.2. The summed E-state index contributed by atoms with van der Waals surface area (Å²) >= 11 is 0. The normalized spacial score (nSPS) is 8.18. The van der Waals surface area contributed by atoms with Crippen LogP contribution in [0.4, 0.5) is 0 Å². The van der Waals surface area contributed by atoms with Crippen molar-refractivity contribution in [2.75, 3.05) is 0 Å². The first kappa shape index (κ1) is 16.6. The van der Waals surface area contributed by atoms with Crippen molar-refractivity contribution >= 4 is 16.2 Å². The Labute approximate surface area is 64.5 Å². The Morgan fingerprint density at radius 2 is 1.64 bits per heavy atom. The second-order valence-electron chi connectivity index (χ2n) is 1.12. The standard InChI is InChI=1S/C3H5NO.H3NO3S.H3N/c1-2-3(4)5;1-5(2,3)4;/h2H,1H2,(H2,4,5);(H3,1,2,3,4);1H3. The van der Waals surface area contributed by atoms with E-state index in [4.69, 9.17) is 13.0 Å². The molecule has 0 fully saturated rings. The summed E-state index contributed by atoms with van der Waals surface area (Å²) in [5.41, 5.74) is 4.53. The van der Waals surface area contributed by atoms with Crippen molar-refractivity contribution in [3.05, 3.63) is 12.7 Å². The first-order chi connectivity index (χ1) is 4.27. The Kier molecular flexibility index (Phi) is 10.8. The summed E-state index contributed by atoms with van der Waals surface area (Å²) in [6, 6.07) is 0. The highest BCUT2D eigenvalue weighted by Gasteiger charge is 1.81. The van der Waals surface area contributed by atoms with Crippen molar-refractivity contribution in [2.45, 2.75) is 0 Å². The molecule has 0 spiro atoms. The van der Waals surface area contributed by atoms with Crippen molar-refractivity contribution in [1.82, 2.24) is 6.15 Å². The Balaban J connectivity index is -0.000000107. The number of hydrogen-bond acceptors (Lipinski definition) is 4. The van der Waals surface area contributed by atoms with E-state index >= 15 is 0 Å². The van der Waals surface area contributed by atoms with Crippen molar-refractivity contribution < 1.29 is 17.8 Å². The lowest BCUT2D eigenvalue weighted by molar-refractivity contribution is -0.113. The van der Waals surface area contributed by atoms with Crippen molar-refractivity contribution in [3.63, 3.8) is 0 Å². The molecular weight excluding hydrogens is 174 g/mol. The van der Waals surface area contributed by atoms with E-state index in [0.717, 1.165) is 6.08 Å². The average molecular weight is 185 g/mol. The van der Waals surface area contributed by atoms with E-state index in [1.165, 1.54) is 0 Å². The molecule has 0 aromatic heterocycles. The van der Waals surface area contributed by atoms with E-state index in [-0.39, 0.29) is 6.15 Å². The zero-order valence-electron chi connectivity index (χ0n) is 5.73. The van der Waals surface area contributed by atoms with Crippen molar-refractivity contribution in [2.24, 2.45) is 10.9 Å². The number of carbonyl (C=O) groups is 1. The summed E-state index contributed by atoms with van der Waals surface area (Å²) in [4.78, 5) is 9.47. The maximum Gasteiger partial charge on any atom is 0.330 e. The zero-order valence-corrected chi connectivity index (χ0v) is 6.54. The van der Waals surface area contributed by atoms with Gasteiger partial charge in [0.25, 0.3) is 0 Å². The minimum atomic E-state index is -4.17. The van der Waals surface area contributed by atoms with Crippen LogP contribution in [0.2, 0.25) is 0 Å². The molecule has 1 amide bonds. The third-order valence-electron chi connectivity index (χ3n) is 0.201. The Bertz CT molecular complexity index is 201. The fourth-order valence-corrected chi connectivity index (χ4v) is 0. The van der Waals surface area contributed by atoms with Gasteiger partial charge in [-0.25, -0.2) is 5.14 Å². The number of rotatable bonds is 1. The van der Waals surface area contributed by atoms with Crippen LogP contribution in [0.5, 0.6) is 0 Å². The van der Waals surface area contributed by atoms with Crippen molar-refractivity contribution in [3.8, 4) is 0 Å². The molecule has 0 aromatic rings. The smallest absolute Gasteiger partial charge is 0.330 e. The molecule has 0 aliphatic rings. The summed E-state index contributed by atoms with van der Waals surface area (Å²) in [5, 5.41) is 3.88. The monoisotopic (exact) mass is 185 g/mol. The summed E-state index contributed by atoms with van der Waals surface area (Å²) in [5.74, 6) is -0.481. The fraction of sp³-hybridized carbons (Fsp3) is 0. The van der Waals surface area contributed by atoms with Crippen LogP contribution in [0, 0.1) is 0 Å². The van der Waals surface area contributed by atoms with Gasteiger partial charge in [0.15, 0.2) is 0 Å². The predicted octanol–water partition coefficient (Wildman–Crippen LogP) is -1.43. The van der Waals surface area contributed by atoms with Crippen LogP contribution in [0.1, 0.15) is 0 Å². The van der Waals surface area contributed by atoms with Gasteiger partial charge in [-0.3, -0.25) is 9.35 Å². The van der Waals surface area contributed by atoms with E-state index in [1.807, 2.05) is 0 Å². The molecule has 0 aliphatic carbocycles. The first-order valence-corrected chi connectivity index (χ1v) is 3.44. The topological polar surface area (TPSA) is 158 Å². The molecule has 0 aliphatic heterocycles. The molecule has 0 rings (SSSR count). The highest BCUT2D eigenvalue weighted by Crippen LogP contribution is 1.50. The van der Waals surface area contributed by atoms with E-state index in [9.17, 15) is 4.79 Å². The molecule has 8 N–H and O–H groups in total. The molecular formula is C3H11N3O4S. The molecule has 0 heterocycles. The second kappa shape index (κ2) is 7.15. The van der Waals surface area contributed by atoms with Crippen LogP contribution in [0.15, 0.2) is 12.7 Å². The minimum absolute atomic E-state index is 0. The molecule has 8 heteroatoms. The molecule has 7 nitrogen and oxygen atoms in total. The summed E-state index contributed by atoms with van der Waals surface area (Å²) in [6.45, 7) is 3.09. The maximum absolute atomic E-state index is 9.47. The van der Waals surface area contributed by atoms with Gasteiger partial charge in [0, 0.05) is 0 Å². The van der Waals surface area contributed by atoms with Gasteiger partial charge >= 0.3 is 10.3 Å². The van der Waals surface area contributed by atoms with Gasteiger partial charge in [0.2, 0.25) is 5.91 Å². The molecule has 0 bridgehead atoms. The van der Waals surface area contributed by atoms with Gasteiger partial charge in [-0.2, -0.15) is 8.42 Å². The molecule has 0 atom stereocenters. The number of nitrogens with two attached hydrogens (primary N) is 2. The zero-order chi connectivity index (χ0) is 8.78. The van der Waals surface area contributed by atoms with Gasteiger partial charge in [-0.1, -0.05) is 6.58 Å². The van der Waals surface area contributed by atoms with Gasteiger partial charge in [0.05, 0.1) is 0 Å².